The average molecular weight is 204 g/mol. The number of benzene rings is 2. The Labute approximate surface area is 91.6 Å². The first-order valence-corrected chi connectivity index (χ1v) is 5.29. The molecule has 2 heteroatoms. The maximum absolute atomic E-state index is 4.19. The molecule has 0 atom stereocenters. The van der Waals surface area contributed by atoms with Gasteiger partial charge in [0.15, 0.2) is 0 Å². The molecule has 0 aromatic heterocycles. The van der Waals surface area contributed by atoms with Crippen LogP contribution in [0.1, 0.15) is 5.56 Å². The Kier molecular flexibility index (Phi) is 1.33. The van der Waals surface area contributed by atoms with E-state index in [1.165, 1.54) is 21.2 Å². The molecule has 2 aliphatic rings. The van der Waals surface area contributed by atoms with Crippen LogP contribution >= 0.6 is 0 Å². The van der Waals surface area contributed by atoms with Crippen molar-refractivity contribution in [2.24, 2.45) is 10.2 Å². The van der Waals surface area contributed by atoms with Crippen LogP contribution < -0.4 is 10.4 Å². The quantitative estimate of drug-likeness (QED) is 0.534. The van der Waals surface area contributed by atoms with Crippen molar-refractivity contribution >= 4 is 18.0 Å². The van der Waals surface area contributed by atoms with E-state index in [-0.39, 0.29) is 0 Å². The Hall–Kier alpha value is -2.22. The van der Waals surface area contributed by atoms with Crippen molar-refractivity contribution in [2.45, 2.75) is 0 Å². The summed E-state index contributed by atoms with van der Waals surface area (Å²) in [5.41, 5.74) is 2.21. The zero-order valence-electron chi connectivity index (χ0n) is 8.51. The lowest BCUT2D eigenvalue weighted by atomic mass is 10.1. The summed E-state index contributed by atoms with van der Waals surface area (Å²) < 4.78 is 0. The van der Waals surface area contributed by atoms with Crippen LogP contribution in [0.3, 0.4) is 0 Å². The van der Waals surface area contributed by atoms with Crippen LogP contribution in [0.25, 0.3) is 12.3 Å². The van der Waals surface area contributed by atoms with E-state index >= 15 is 0 Å². The third-order valence-electron chi connectivity index (χ3n) is 3.15. The second-order valence-corrected chi connectivity index (χ2v) is 4.04. The van der Waals surface area contributed by atoms with Crippen molar-refractivity contribution in [3.05, 3.63) is 62.8 Å². The Morgan fingerprint density at radius 2 is 1.75 bits per heavy atom. The fourth-order valence-corrected chi connectivity index (χ4v) is 2.39. The molecule has 0 radical (unpaired) electrons. The first kappa shape index (κ1) is 7.99. The van der Waals surface area contributed by atoms with Gasteiger partial charge in [0.25, 0.3) is 0 Å². The highest BCUT2D eigenvalue weighted by Crippen LogP contribution is 2.22. The summed E-state index contributed by atoms with van der Waals surface area (Å²) in [6, 6.07) is 12.7. The summed E-state index contributed by atoms with van der Waals surface area (Å²) >= 11 is 0. The third kappa shape index (κ3) is 0.865. The molecule has 0 saturated carbocycles. The molecule has 2 aromatic rings. The molecule has 0 bridgehead atoms. The second-order valence-electron chi connectivity index (χ2n) is 4.04. The van der Waals surface area contributed by atoms with E-state index in [4.69, 9.17) is 0 Å². The van der Waals surface area contributed by atoms with E-state index in [0.717, 1.165) is 10.9 Å². The van der Waals surface area contributed by atoms with Gasteiger partial charge in [0.1, 0.15) is 5.69 Å². The molecule has 1 aliphatic carbocycles. The van der Waals surface area contributed by atoms with Gasteiger partial charge in [-0.3, -0.25) is 0 Å². The molecule has 0 N–H and O–H groups in total. The third-order valence-corrected chi connectivity index (χ3v) is 3.15. The van der Waals surface area contributed by atoms with Gasteiger partial charge in [0, 0.05) is 10.8 Å². The topological polar surface area (TPSA) is 24.7 Å². The average Bonchev–Trinajstić information content (AvgIpc) is 2.92. The minimum Gasteiger partial charge on any atom is -0.158 e. The van der Waals surface area contributed by atoms with Crippen molar-refractivity contribution in [3.63, 3.8) is 0 Å². The van der Waals surface area contributed by atoms with Gasteiger partial charge < -0.3 is 0 Å². The van der Waals surface area contributed by atoms with E-state index in [1.807, 2.05) is 6.20 Å². The van der Waals surface area contributed by atoms with Crippen LogP contribution in [-0.4, -0.2) is 0 Å². The van der Waals surface area contributed by atoms with Gasteiger partial charge in [-0.05, 0) is 21.7 Å². The van der Waals surface area contributed by atoms with Crippen LogP contribution in [-0.2, 0) is 0 Å². The normalized spacial score (nSPS) is 13.8. The van der Waals surface area contributed by atoms with Crippen LogP contribution in [0, 0.1) is 10.4 Å². The van der Waals surface area contributed by atoms with Gasteiger partial charge in [-0.25, -0.2) is 0 Å². The van der Waals surface area contributed by atoms with Crippen molar-refractivity contribution in [1.82, 2.24) is 0 Å². The molecular weight excluding hydrogens is 196 g/mol. The molecule has 1 aliphatic heterocycles. The van der Waals surface area contributed by atoms with Crippen LogP contribution in [0.4, 0.5) is 5.69 Å². The number of fused-ring (bicyclic) bond motifs is 4. The fourth-order valence-electron chi connectivity index (χ4n) is 2.39. The summed E-state index contributed by atoms with van der Waals surface area (Å²) in [7, 11) is 0. The highest BCUT2D eigenvalue weighted by molar-refractivity contribution is 5.69. The van der Waals surface area contributed by atoms with E-state index in [0.29, 0.717) is 0 Å². The lowest BCUT2D eigenvalue weighted by Gasteiger charge is -1.95. The number of hydrogen-bond donors (Lipinski definition) is 0. The maximum Gasteiger partial charge on any atom is 0.102 e. The molecule has 4 rings (SSSR count). The standard InChI is InChI=1S/C14H8N2/c1-2-4-11-9(3-1)7-13-12(11)6-5-10-8-15-16-14(10)13/h1-8H. The molecular formula is C14H8N2. The van der Waals surface area contributed by atoms with Gasteiger partial charge >= 0.3 is 0 Å². The SMILES string of the molecule is C1=c2ccc3c(c2N=N1)C=c1ccccc1=3. The zero-order chi connectivity index (χ0) is 10.5. The fraction of sp³-hybridized carbons (Fsp3) is 0. The van der Waals surface area contributed by atoms with E-state index in [1.54, 1.807) is 0 Å². The summed E-state index contributed by atoms with van der Waals surface area (Å²) in [6.45, 7) is 0. The summed E-state index contributed by atoms with van der Waals surface area (Å²) in [5.74, 6) is 0. The Morgan fingerprint density at radius 1 is 0.812 bits per heavy atom. The molecule has 2 nitrogen and oxygen atoms in total. The molecule has 0 spiro atoms. The summed E-state index contributed by atoms with van der Waals surface area (Å²) in [5, 5.41) is 13.1. The second kappa shape index (κ2) is 2.67. The van der Waals surface area contributed by atoms with Gasteiger partial charge in [0.05, 0.1) is 6.20 Å². The molecule has 0 amide bonds. The number of azo groups is 1. The molecule has 1 heterocycles. The number of hydrogen-bond acceptors (Lipinski definition) is 2. The Bertz CT molecular complexity index is 845. The molecule has 74 valence electrons. The zero-order valence-corrected chi connectivity index (χ0v) is 8.51. The Morgan fingerprint density at radius 3 is 2.75 bits per heavy atom. The van der Waals surface area contributed by atoms with E-state index < -0.39 is 0 Å². The largest absolute Gasteiger partial charge is 0.158 e. The summed E-state index contributed by atoms with van der Waals surface area (Å²) in [6.07, 6.45) is 4.01. The van der Waals surface area contributed by atoms with Gasteiger partial charge in [-0.1, -0.05) is 36.4 Å². The van der Waals surface area contributed by atoms with Crippen molar-refractivity contribution in [3.8, 4) is 0 Å². The van der Waals surface area contributed by atoms with Gasteiger partial charge in [-0.2, -0.15) is 5.11 Å². The predicted octanol–water partition coefficient (Wildman–Crippen LogP) is 1.95. The minimum atomic E-state index is 1.01. The van der Waals surface area contributed by atoms with Crippen molar-refractivity contribution in [1.29, 1.82) is 0 Å². The monoisotopic (exact) mass is 204 g/mol. The highest BCUT2D eigenvalue weighted by Gasteiger charge is 2.10. The predicted molar refractivity (Wildman–Crippen MR) is 62.4 cm³/mol. The number of rotatable bonds is 0. The first-order valence-electron chi connectivity index (χ1n) is 5.29. The molecule has 0 fully saturated rings. The van der Waals surface area contributed by atoms with Crippen molar-refractivity contribution in [2.75, 3.05) is 0 Å². The summed E-state index contributed by atoms with van der Waals surface area (Å²) in [4.78, 5) is 0. The van der Waals surface area contributed by atoms with E-state index in [2.05, 4.69) is 52.7 Å². The Balaban J connectivity index is 2.35. The van der Waals surface area contributed by atoms with Gasteiger partial charge in [-0.15, -0.1) is 5.11 Å². The molecule has 0 saturated heterocycles. The van der Waals surface area contributed by atoms with Crippen LogP contribution in [0.2, 0.25) is 0 Å². The smallest absolute Gasteiger partial charge is 0.102 e. The minimum absolute atomic E-state index is 1.01. The van der Waals surface area contributed by atoms with Crippen molar-refractivity contribution < 1.29 is 0 Å². The first-order chi connectivity index (χ1) is 7.93. The lowest BCUT2D eigenvalue weighted by Crippen LogP contribution is -1.98. The van der Waals surface area contributed by atoms with Gasteiger partial charge in [0.2, 0.25) is 0 Å². The highest BCUT2D eigenvalue weighted by atomic mass is 15.1. The lowest BCUT2D eigenvalue weighted by molar-refractivity contribution is 1.31. The molecule has 2 aromatic carbocycles. The molecule has 0 unspecified atom stereocenters. The van der Waals surface area contributed by atoms with Crippen LogP contribution in [0.5, 0.6) is 0 Å². The van der Waals surface area contributed by atoms with Crippen LogP contribution in [0.15, 0.2) is 46.6 Å². The molecule has 16 heavy (non-hydrogen) atoms. The maximum atomic E-state index is 4.19. The number of nitrogens with zero attached hydrogens (tertiary/aromatic N) is 2. The van der Waals surface area contributed by atoms with E-state index in [9.17, 15) is 0 Å².